The van der Waals surface area contributed by atoms with Crippen molar-refractivity contribution >= 4 is 10.9 Å². The highest BCUT2D eigenvalue weighted by Gasteiger charge is 2.23. The maximum Gasteiger partial charge on any atom is 0.269 e. The first-order valence-electron chi connectivity index (χ1n) is 3.84. The van der Waals surface area contributed by atoms with Crippen LogP contribution in [0.1, 0.15) is 0 Å². The van der Waals surface area contributed by atoms with Crippen LogP contribution in [0.5, 0.6) is 28.9 Å². The summed E-state index contributed by atoms with van der Waals surface area (Å²) < 4.78 is 0.170. The lowest BCUT2D eigenvalue weighted by atomic mass is 10.2. The van der Waals surface area contributed by atoms with Crippen molar-refractivity contribution in [3.05, 3.63) is 6.07 Å². The number of rotatable bonds is 0. The summed E-state index contributed by atoms with van der Waals surface area (Å²) in [6.45, 7) is 0. The number of aromatic nitrogens is 1. The van der Waals surface area contributed by atoms with Crippen molar-refractivity contribution in [3.8, 4) is 28.9 Å². The SMILES string of the molecule is Oc1cc2c(c(O)c1O)c(O)c(O)n2O. The molecule has 2 rings (SSSR count). The molecule has 0 saturated carbocycles. The molecule has 0 amide bonds. The minimum atomic E-state index is -0.898. The van der Waals surface area contributed by atoms with E-state index in [-0.39, 0.29) is 15.6 Å². The quantitative estimate of drug-likeness (QED) is 0.278. The summed E-state index contributed by atoms with van der Waals surface area (Å²) in [5, 5.41) is 54.9. The van der Waals surface area contributed by atoms with E-state index in [9.17, 15) is 15.4 Å². The van der Waals surface area contributed by atoms with Gasteiger partial charge in [-0.05, 0) is 0 Å². The van der Waals surface area contributed by atoms with Gasteiger partial charge >= 0.3 is 0 Å². The van der Waals surface area contributed by atoms with Gasteiger partial charge in [-0.3, -0.25) is 0 Å². The minimum Gasteiger partial charge on any atom is -0.504 e. The number of phenols is 3. The molecule has 2 aromatic rings. The van der Waals surface area contributed by atoms with Crippen LogP contribution < -0.4 is 0 Å². The van der Waals surface area contributed by atoms with Gasteiger partial charge in [-0.15, -0.1) is 4.73 Å². The number of phenolic OH excluding ortho intramolecular Hbond substituents is 3. The maximum absolute atomic E-state index is 9.35. The molecule has 0 aliphatic heterocycles. The van der Waals surface area contributed by atoms with Gasteiger partial charge in [-0.25, -0.2) is 0 Å². The monoisotopic (exact) mass is 213 g/mol. The van der Waals surface area contributed by atoms with Gasteiger partial charge in [0.2, 0.25) is 5.75 Å². The molecule has 1 heterocycles. The van der Waals surface area contributed by atoms with E-state index in [1.54, 1.807) is 0 Å². The molecule has 6 N–H and O–H groups in total. The summed E-state index contributed by atoms with van der Waals surface area (Å²) in [5.74, 6) is -4.05. The number of hydrogen-bond acceptors (Lipinski definition) is 6. The topological polar surface area (TPSA) is 126 Å². The summed E-state index contributed by atoms with van der Waals surface area (Å²) >= 11 is 0. The summed E-state index contributed by atoms with van der Waals surface area (Å²) in [5.41, 5.74) is -0.238. The van der Waals surface area contributed by atoms with Crippen LogP contribution in [0.15, 0.2) is 6.07 Å². The second-order valence-corrected chi connectivity index (χ2v) is 2.97. The summed E-state index contributed by atoms with van der Waals surface area (Å²) in [6, 6.07) is 0.879. The highest BCUT2D eigenvalue weighted by atomic mass is 16.5. The normalized spacial score (nSPS) is 10.9. The third-order valence-electron chi connectivity index (χ3n) is 2.11. The molecule has 7 nitrogen and oxygen atoms in total. The second kappa shape index (κ2) is 2.53. The first-order chi connectivity index (χ1) is 6.95. The first kappa shape index (κ1) is 9.13. The van der Waals surface area contributed by atoms with Crippen molar-refractivity contribution < 1.29 is 30.7 Å². The molecule has 0 unspecified atom stereocenters. The molecule has 0 fully saturated rings. The molecule has 80 valence electrons. The van der Waals surface area contributed by atoms with Crippen molar-refractivity contribution in [2.24, 2.45) is 0 Å². The van der Waals surface area contributed by atoms with E-state index in [1.807, 2.05) is 0 Å². The van der Waals surface area contributed by atoms with Crippen LogP contribution in [-0.2, 0) is 0 Å². The van der Waals surface area contributed by atoms with Crippen LogP contribution in [0.4, 0.5) is 0 Å². The molecule has 1 aromatic heterocycles. The van der Waals surface area contributed by atoms with Gasteiger partial charge in [0.05, 0.1) is 5.39 Å². The van der Waals surface area contributed by atoms with Crippen LogP contribution in [0.2, 0.25) is 0 Å². The van der Waals surface area contributed by atoms with Crippen LogP contribution in [0.25, 0.3) is 10.9 Å². The molecule has 1 aromatic carbocycles. The fraction of sp³-hybridized carbons (Fsp3) is 0. The summed E-state index contributed by atoms with van der Waals surface area (Å²) in [4.78, 5) is 0. The maximum atomic E-state index is 9.35. The largest absolute Gasteiger partial charge is 0.504 e. The molecule has 0 radical (unpaired) electrons. The Balaban J connectivity index is 3.06. The third-order valence-corrected chi connectivity index (χ3v) is 2.11. The molecule has 0 spiro atoms. The zero-order valence-corrected chi connectivity index (χ0v) is 7.21. The molecule has 0 saturated heterocycles. The Morgan fingerprint density at radius 2 is 1.47 bits per heavy atom. The molecule has 0 aliphatic carbocycles. The van der Waals surface area contributed by atoms with E-state index < -0.39 is 28.9 Å². The Bertz CT molecular complexity index is 558. The number of hydrogen-bond donors (Lipinski definition) is 6. The Morgan fingerprint density at radius 3 is 2.07 bits per heavy atom. The highest BCUT2D eigenvalue weighted by Crippen LogP contribution is 2.48. The Hall–Kier alpha value is -2.44. The fourth-order valence-corrected chi connectivity index (χ4v) is 1.36. The Labute approximate surface area is 82.3 Å². The van der Waals surface area contributed by atoms with Gasteiger partial charge in [0, 0.05) is 6.07 Å². The fourth-order valence-electron chi connectivity index (χ4n) is 1.36. The lowest BCUT2D eigenvalue weighted by Crippen LogP contribution is -1.87. The van der Waals surface area contributed by atoms with Gasteiger partial charge in [0.1, 0.15) is 5.52 Å². The Kier molecular flexibility index (Phi) is 1.54. The van der Waals surface area contributed by atoms with Gasteiger partial charge < -0.3 is 30.7 Å². The molecule has 0 bridgehead atoms. The zero-order valence-electron chi connectivity index (χ0n) is 7.21. The number of benzene rings is 1. The first-order valence-corrected chi connectivity index (χ1v) is 3.84. The molecule has 0 aliphatic rings. The standard InChI is InChI=1S/C8H7NO6/c10-3-1-2-4(6(12)5(3)11)7(13)8(14)9(2)15/h1,10-15H. The minimum absolute atomic E-state index is 0.170. The highest BCUT2D eigenvalue weighted by molar-refractivity contribution is 5.97. The van der Waals surface area contributed by atoms with Crippen LogP contribution >= 0.6 is 0 Å². The smallest absolute Gasteiger partial charge is 0.269 e. The summed E-state index contributed by atoms with van der Waals surface area (Å²) in [6.07, 6.45) is 0. The van der Waals surface area contributed by atoms with Gasteiger partial charge in [0.15, 0.2) is 17.2 Å². The number of fused-ring (bicyclic) bond motifs is 1. The van der Waals surface area contributed by atoms with E-state index in [2.05, 4.69) is 0 Å². The Morgan fingerprint density at radius 1 is 0.867 bits per heavy atom. The second-order valence-electron chi connectivity index (χ2n) is 2.97. The van der Waals surface area contributed by atoms with Crippen molar-refractivity contribution in [1.29, 1.82) is 0 Å². The van der Waals surface area contributed by atoms with Gasteiger partial charge in [0.25, 0.3) is 5.88 Å². The lowest BCUT2D eigenvalue weighted by Gasteiger charge is -2.02. The lowest BCUT2D eigenvalue weighted by molar-refractivity contribution is 0.163. The van der Waals surface area contributed by atoms with E-state index in [1.165, 1.54) is 0 Å². The van der Waals surface area contributed by atoms with Gasteiger partial charge in [-0.2, -0.15) is 0 Å². The molecular weight excluding hydrogens is 206 g/mol. The van der Waals surface area contributed by atoms with Gasteiger partial charge in [-0.1, -0.05) is 0 Å². The van der Waals surface area contributed by atoms with Crippen molar-refractivity contribution in [2.45, 2.75) is 0 Å². The molecule has 7 heteroatoms. The zero-order chi connectivity index (χ0) is 11.3. The van der Waals surface area contributed by atoms with E-state index in [4.69, 9.17) is 15.3 Å². The van der Waals surface area contributed by atoms with Crippen LogP contribution in [0.3, 0.4) is 0 Å². The number of nitrogens with zero attached hydrogens (tertiary/aromatic N) is 1. The third kappa shape index (κ3) is 0.938. The van der Waals surface area contributed by atoms with Crippen molar-refractivity contribution in [3.63, 3.8) is 0 Å². The molecular formula is C8H7NO6. The van der Waals surface area contributed by atoms with E-state index in [0.717, 1.165) is 6.07 Å². The van der Waals surface area contributed by atoms with E-state index in [0.29, 0.717) is 0 Å². The predicted octanol–water partition coefficient (Wildman–Crippen LogP) is 0.407. The number of aromatic hydroxyl groups is 5. The van der Waals surface area contributed by atoms with E-state index >= 15 is 0 Å². The van der Waals surface area contributed by atoms with Crippen LogP contribution in [0, 0.1) is 0 Å². The van der Waals surface area contributed by atoms with Crippen molar-refractivity contribution in [2.75, 3.05) is 0 Å². The summed E-state index contributed by atoms with van der Waals surface area (Å²) in [7, 11) is 0. The molecule has 15 heavy (non-hydrogen) atoms. The van der Waals surface area contributed by atoms with Crippen molar-refractivity contribution in [1.82, 2.24) is 4.73 Å². The average Bonchev–Trinajstić information content (AvgIpc) is 2.40. The predicted molar refractivity (Wildman–Crippen MR) is 47.4 cm³/mol. The van der Waals surface area contributed by atoms with Crippen LogP contribution in [-0.4, -0.2) is 35.5 Å². The molecule has 0 atom stereocenters. The average molecular weight is 213 g/mol.